The molecule has 3 aromatic rings. The molecular weight excluding hydrogens is 350 g/mol. The standard InChI is InChI=1S/C20H21NO4S/c1-12-10-15(11-26(21,23)24)18(13(2)20(12)25-3)19-16-7-5-4-6-14(16)8-9-17(19)22/h4-10,22H,11H2,1-3H3,(H2,21,23,24). The molecule has 0 spiro atoms. The van der Waals surface area contributed by atoms with Crippen LogP contribution in [0.1, 0.15) is 16.7 Å². The average Bonchev–Trinajstić information content (AvgIpc) is 2.55. The van der Waals surface area contributed by atoms with Crippen LogP contribution in [-0.2, 0) is 15.8 Å². The minimum Gasteiger partial charge on any atom is -0.507 e. The fourth-order valence-electron chi connectivity index (χ4n) is 3.56. The molecule has 0 amide bonds. The van der Waals surface area contributed by atoms with Crippen LogP contribution in [0.3, 0.4) is 0 Å². The van der Waals surface area contributed by atoms with Crippen molar-refractivity contribution in [3.8, 4) is 22.6 Å². The zero-order chi connectivity index (χ0) is 19.1. The Kier molecular flexibility index (Phi) is 4.64. The van der Waals surface area contributed by atoms with Gasteiger partial charge in [-0.15, -0.1) is 0 Å². The molecule has 0 saturated heterocycles. The van der Waals surface area contributed by atoms with Crippen LogP contribution in [0.15, 0.2) is 42.5 Å². The highest BCUT2D eigenvalue weighted by Crippen LogP contribution is 2.43. The van der Waals surface area contributed by atoms with Crippen LogP contribution >= 0.6 is 0 Å². The quantitative estimate of drug-likeness (QED) is 0.733. The summed E-state index contributed by atoms with van der Waals surface area (Å²) in [6.45, 7) is 3.71. The largest absolute Gasteiger partial charge is 0.507 e. The van der Waals surface area contributed by atoms with E-state index in [9.17, 15) is 13.5 Å². The number of ether oxygens (including phenoxy) is 1. The third-order valence-corrected chi connectivity index (χ3v) is 5.22. The van der Waals surface area contributed by atoms with E-state index in [0.717, 1.165) is 21.9 Å². The second-order valence-electron chi connectivity index (χ2n) is 6.37. The highest BCUT2D eigenvalue weighted by molar-refractivity contribution is 7.88. The molecule has 0 aliphatic carbocycles. The van der Waals surface area contributed by atoms with E-state index < -0.39 is 10.0 Å². The first kappa shape index (κ1) is 18.2. The summed E-state index contributed by atoms with van der Waals surface area (Å²) >= 11 is 0. The van der Waals surface area contributed by atoms with E-state index in [0.29, 0.717) is 22.4 Å². The molecule has 0 bridgehead atoms. The molecular formula is C20H21NO4S. The maximum absolute atomic E-state index is 11.8. The van der Waals surface area contributed by atoms with Gasteiger partial charge in [0, 0.05) is 5.56 Å². The van der Waals surface area contributed by atoms with Gasteiger partial charge in [-0.2, -0.15) is 0 Å². The van der Waals surface area contributed by atoms with Crippen molar-refractivity contribution in [1.29, 1.82) is 0 Å². The lowest BCUT2D eigenvalue weighted by molar-refractivity contribution is 0.408. The van der Waals surface area contributed by atoms with E-state index in [2.05, 4.69) is 0 Å². The summed E-state index contributed by atoms with van der Waals surface area (Å²) in [6.07, 6.45) is 0. The zero-order valence-electron chi connectivity index (χ0n) is 14.9. The molecule has 0 saturated carbocycles. The molecule has 0 aromatic heterocycles. The van der Waals surface area contributed by atoms with Crippen LogP contribution in [0.2, 0.25) is 0 Å². The van der Waals surface area contributed by atoms with E-state index in [1.54, 1.807) is 19.2 Å². The van der Waals surface area contributed by atoms with Gasteiger partial charge in [-0.3, -0.25) is 0 Å². The molecule has 136 valence electrons. The maximum atomic E-state index is 11.8. The molecule has 6 heteroatoms. The van der Waals surface area contributed by atoms with Gasteiger partial charge < -0.3 is 9.84 Å². The number of methoxy groups -OCH3 is 1. The summed E-state index contributed by atoms with van der Waals surface area (Å²) in [5, 5.41) is 17.7. The fourth-order valence-corrected chi connectivity index (χ4v) is 4.23. The Morgan fingerprint density at radius 3 is 2.42 bits per heavy atom. The summed E-state index contributed by atoms with van der Waals surface area (Å²) in [7, 11) is -2.18. The van der Waals surface area contributed by atoms with Crippen LogP contribution in [0.25, 0.3) is 21.9 Å². The summed E-state index contributed by atoms with van der Waals surface area (Å²) in [5.41, 5.74) is 3.33. The number of fused-ring (bicyclic) bond motifs is 1. The molecule has 0 radical (unpaired) electrons. The number of hydrogen-bond donors (Lipinski definition) is 2. The van der Waals surface area contributed by atoms with Gasteiger partial charge in [0.2, 0.25) is 10.0 Å². The van der Waals surface area contributed by atoms with Gasteiger partial charge in [0.1, 0.15) is 11.5 Å². The smallest absolute Gasteiger partial charge is 0.213 e. The highest BCUT2D eigenvalue weighted by Gasteiger charge is 2.22. The van der Waals surface area contributed by atoms with Crippen molar-refractivity contribution in [2.75, 3.05) is 7.11 Å². The lowest BCUT2D eigenvalue weighted by Crippen LogP contribution is -2.16. The molecule has 0 aliphatic heterocycles. The average molecular weight is 371 g/mol. The van der Waals surface area contributed by atoms with Crippen molar-refractivity contribution in [1.82, 2.24) is 0 Å². The molecule has 0 fully saturated rings. The molecule has 0 atom stereocenters. The lowest BCUT2D eigenvalue weighted by atomic mass is 9.89. The third-order valence-electron chi connectivity index (χ3n) is 4.50. The minimum absolute atomic E-state index is 0.0772. The van der Waals surface area contributed by atoms with Gasteiger partial charge in [0.15, 0.2) is 0 Å². The number of sulfonamides is 1. The van der Waals surface area contributed by atoms with Crippen molar-refractivity contribution >= 4 is 20.8 Å². The number of hydrogen-bond acceptors (Lipinski definition) is 4. The summed E-state index contributed by atoms with van der Waals surface area (Å²) in [5.74, 6) is 0.412. The predicted molar refractivity (Wildman–Crippen MR) is 104 cm³/mol. The van der Waals surface area contributed by atoms with Crippen LogP contribution in [-0.4, -0.2) is 20.6 Å². The molecule has 3 aromatic carbocycles. The molecule has 0 heterocycles. The van der Waals surface area contributed by atoms with Crippen LogP contribution in [0.4, 0.5) is 0 Å². The Morgan fingerprint density at radius 2 is 1.77 bits per heavy atom. The fraction of sp³-hybridized carbons (Fsp3) is 0.200. The molecule has 3 N–H and O–H groups in total. The molecule has 26 heavy (non-hydrogen) atoms. The first-order chi connectivity index (χ1) is 12.2. The first-order valence-corrected chi connectivity index (χ1v) is 9.83. The SMILES string of the molecule is COc1c(C)cc(CS(N)(=O)=O)c(-c2c(O)ccc3ccccc23)c1C. The predicted octanol–water partition coefficient (Wildman–Crippen LogP) is 3.63. The second kappa shape index (κ2) is 6.63. The van der Waals surface area contributed by atoms with E-state index in [1.807, 2.05) is 44.2 Å². The van der Waals surface area contributed by atoms with Gasteiger partial charge >= 0.3 is 0 Å². The van der Waals surface area contributed by atoms with Crippen molar-refractivity contribution in [3.63, 3.8) is 0 Å². The molecule has 5 nitrogen and oxygen atoms in total. The Hall–Kier alpha value is -2.57. The van der Waals surface area contributed by atoms with Gasteiger partial charge in [-0.05, 0) is 52.9 Å². The number of nitrogens with two attached hydrogens (primary N) is 1. The number of phenolic OH excluding ortho intramolecular Hbond substituents is 1. The number of rotatable bonds is 4. The lowest BCUT2D eigenvalue weighted by Gasteiger charge is -2.20. The highest BCUT2D eigenvalue weighted by atomic mass is 32.2. The molecule has 3 rings (SSSR count). The molecule has 0 unspecified atom stereocenters. The topological polar surface area (TPSA) is 89.6 Å². The maximum Gasteiger partial charge on any atom is 0.213 e. The minimum atomic E-state index is -3.75. The normalized spacial score (nSPS) is 11.7. The van der Waals surface area contributed by atoms with E-state index >= 15 is 0 Å². The van der Waals surface area contributed by atoms with Gasteiger partial charge in [-0.25, -0.2) is 13.6 Å². The Labute approximate surface area is 153 Å². The van der Waals surface area contributed by atoms with Gasteiger partial charge in [0.05, 0.1) is 12.9 Å². The van der Waals surface area contributed by atoms with Crippen LogP contribution < -0.4 is 9.88 Å². The van der Waals surface area contributed by atoms with Gasteiger partial charge in [0.25, 0.3) is 0 Å². The van der Waals surface area contributed by atoms with Gasteiger partial charge in [-0.1, -0.05) is 36.4 Å². The Balaban J connectivity index is 2.46. The van der Waals surface area contributed by atoms with E-state index in [4.69, 9.17) is 9.88 Å². The number of aryl methyl sites for hydroxylation is 1. The first-order valence-electron chi connectivity index (χ1n) is 8.11. The second-order valence-corrected chi connectivity index (χ2v) is 7.99. The number of aromatic hydroxyl groups is 1. The van der Waals surface area contributed by atoms with Crippen molar-refractivity contribution in [2.24, 2.45) is 5.14 Å². The van der Waals surface area contributed by atoms with Crippen LogP contribution in [0, 0.1) is 13.8 Å². The van der Waals surface area contributed by atoms with E-state index in [-0.39, 0.29) is 11.5 Å². The van der Waals surface area contributed by atoms with Crippen molar-refractivity contribution < 1.29 is 18.3 Å². The Morgan fingerprint density at radius 1 is 1.08 bits per heavy atom. The number of phenols is 1. The summed E-state index contributed by atoms with van der Waals surface area (Å²) in [4.78, 5) is 0. The monoisotopic (exact) mass is 371 g/mol. The van der Waals surface area contributed by atoms with Crippen molar-refractivity contribution in [3.05, 3.63) is 59.2 Å². The van der Waals surface area contributed by atoms with E-state index in [1.165, 1.54) is 0 Å². The number of primary sulfonamides is 1. The summed E-state index contributed by atoms with van der Waals surface area (Å²) < 4.78 is 29.1. The third kappa shape index (κ3) is 3.25. The summed E-state index contributed by atoms with van der Waals surface area (Å²) in [6, 6.07) is 12.8. The Bertz CT molecular complexity index is 1100. The number of benzene rings is 3. The molecule has 0 aliphatic rings. The van der Waals surface area contributed by atoms with Crippen LogP contribution in [0.5, 0.6) is 11.5 Å². The zero-order valence-corrected chi connectivity index (χ0v) is 15.7. The van der Waals surface area contributed by atoms with Crippen molar-refractivity contribution in [2.45, 2.75) is 19.6 Å².